The van der Waals surface area contributed by atoms with Crippen molar-refractivity contribution in [2.45, 2.75) is 192 Å². The van der Waals surface area contributed by atoms with Crippen molar-refractivity contribution < 1.29 is 148 Å². The van der Waals surface area contributed by atoms with Crippen LogP contribution in [-0.2, 0) is 66.5 Å². The highest BCUT2D eigenvalue weighted by atomic mass is 16.8. The molecular formula is C41H68N3O30-. The number of aliphatic hydroxyl groups excluding tert-OH is 15. The molecule has 5 saturated heterocycles. The standard InChI is InChI=1S/C41H69N3O30/c1-12-23(54)27(58)29(60)38(67-12)72-33-20(10-66-41(40(63)64)4-16(52)21(43-13(2)50)34(74-41)24(55)17(53)6-46)70-36(22(26(33)57)44-14(3)51)73-35-25(56)18(7-47)68-39(31(35)62)71-32-19(8-48)69-37(30(61)28(32)59)65-9-15(5-45)42-11-49/h11-12,15-39,45-48,52-62H,4-10H2,1-3H3,(H,42,49)(H,43,50)(H,44,51)(H,63,64)/p-1/t12-,15+,16-,17+,18+,19+,20+,21+,22+,23+,24+,25-,26+,27+,28+,29-,30+,31+,32+,33+,34+,35-,36-,37+,38-,39-,41+/m0/s1. The van der Waals surface area contributed by atoms with Crippen LogP contribution in [0.1, 0.15) is 27.2 Å². The predicted molar refractivity (Wildman–Crippen MR) is 227 cm³/mol. The van der Waals surface area contributed by atoms with Gasteiger partial charge in [-0.25, -0.2) is 0 Å². The number of amides is 3. The summed E-state index contributed by atoms with van der Waals surface area (Å²) >= 11 is 0. The molecule has 33 nitrogen and oxygen atoms in total. The smallest absolute Gasteiger partial charge is 0.217 e. The first-order chi connectivity index (χ1) is 34.9. The van der Waals surface area contributed by atoms with Crippen molar-refractivity contribution in [1.82, 2.24) is 16.0 Å². The highest BCUT2D eigenvalue weighted by Gasteiger charge is 2.58. The van der Waals surface area contributed by atoms with Crippen LogP contribution < -0.4 is 21.1 Å². The van der Waals surface area contributed by atoms with Gasteiger partial charge in [-0.3, -0.25) is 14.4 Å². The second-order valence-electron chi connectivity index (χ2n) is 18.3. The van der Waals surface area contributed by atoms with E-state index >= 15 is 0 Å². The van der Waals surface area contributed by atoms with Crippen molar-refractivity contribution in [1.29, 1.82) is 0 Å². The number of rotatable bonds is 23. The molecule has 0 saturated carbocycles. The van der Waals surface area contributed by atoms with Crippen molar-refractivity contribution in [2.75, 3.05) is 39.6 Å². The summed E-state index contributed by atoms with van der Waals surface area (Å²) in [5.74, 6) is -7.18. The molecule has 0 aromatic rings. The molecule has 74 heavy (non-hydrogen) atoms. The van der Waals surface area contributed by atoms with Crippen molar-refractivity contribution in [3.8, 4) is 0 Å². The minimum Gasteiger partial charge on any atom is -0.544 e. The topological polar surface area (TPSA) is 523 Å². The molecular weight excluding hydrogens is 1010 g/mol. The first kappa shape index (κ1) is 61.7. The van der Waals surface area contributed by atoms with Gasteiger partial charge in [0.2, 0.25) is 24.0 Å². The third-order valence-electron chi connectivity index (χ3n) is 13.0. The quantitative estimate of drug-likeness (QED) is 0.0423. The summed E-state index contributed by atoms with van der Waals surface area (Å²) in [5.41, 5.74) is 0. The molecule has 0 aliphatic carbocycles. The molecule has 5 heterocycles. The van der Waals surface area contributed by atoms with E-state index in [1.807, 2.05) is 0 Å². The Morgan fingerprint density at radius 1 is 0.662 bits per heavy atom. The van der Waals surface area contributed by atoms with Gasteiger partial charge in [0.15, 0.2) is 25.2 Å². The Bertz CT molecular complexity index is 1810. The molecule has 5 aliphatic rings. The number of carboxylic acids is 1. The molecule has 0 radical (unpaired) electrons. The second kappa shape index (κ2) is 27.0. The number of carbonyl (C=O) groups is 4. The first-order valence-corrected chi connectivity index (χ1v) is 23.3. The van der Waals surface area contributed by atoms with E-state index in [0.717, 1.165) is 13.8 Å². The monoisotopic (exact) mass is 1080 g/mol. The minimum atomic E-state index is -3.18. The Morgan fingerprint density at radius 3 is 1.78 bits per heavy atom. The van der Waals surface area contributed by atoms with Gasteiger partial charge in [-0.15, -0.1) is 0 Å². The Morgan fingerprint density at radius 2 is 1.22 bits per heavy atom. The molecule has 3 amide bonds. The second-order valence-corrected chi connectivity index (χ2v) is 18.3. The first-order valence-electron chi connectivity index (χ1n) is 23.3. The van der Waals surface area contributed by atoms with Crippen LogP contribution in [0.25, 0.3) is 0 Å². The summed E-state index contributed by atoms with van der Waals surface area (Å²) in [4.78, 5) is 48.7. The summed E-state index contributed by atoms with van der Waals surface area (Å²) in [7, 11) is 0. The van der Waals surface area contributed by atoms with Gasteiger partial charge in [0.1, 0.15) is 116 Å². The third-order valence-corrected chi connectivity index (χ3v) is 13.0. The summed E-state index contributed by atoms with van der Waals surface area (Å²) in [6.45, 7) is -2.21. The highest BCUT2D eigenvalue weighted by Crippen LogP contribution is 2.38. The number of carbonyl (C=O) groups excluding carboxylic acids is 4. The molecule has 33 heteroatoms. The molecule has 27 atom stereocenters. The van der Waals surface area contributed by atoms with Gasteiger partial charge in [-0.05, 0) is 6.92 Å². The van der Waals surface area contributed by atoms with Gasteiger partial charge < -0.3 is 150 Å². The lowest BCUT2D eigenvalue weighted by Gasteiger charge is -2.51. The number of ether oxygens (including phenoxy) is 10. The average molecular weight is 1080 g/mol. The van der Waals surface area contributed by atoms with E-state index in [4.69, 9.17) is 47.4 Å². The maximum absolute atomic E-state index is 13.0. The van der Waals surface area contributed by atoms with Gasteiger partial charge in [0, 0.05) is 20.3 Å². The van der Waals surface area contributed by atoms with E-state index in [0.29, 0.717) is 0 Å². The molecule has 5 aliphatic heterocycles. The van der Waals surface area contributed by atoms with Crippen LogP contribution >= 0.6 is 0 Å². The zero-order valence-electron chi connectivity index (χ0n) is 39.9. The molecule has 5 rings (SSSR count). The van der Waals surface area contributed by atoms with E-state index in [1.165, 1.54) is 6.92 Å². The molecule has 18 N–H and O–H groups in total. The van der Waals surface area contributed by atoms with Crippen LogP contribution in [0.4, 0.5) is 0 Å². The van der Waals surface area contributed by atoms with Gasteiger partial charge in [-0.1, -0.05) is 0 Å². The maximum Gasteiger partial charge on any atom is 0.217 e. The maximum atomic E-state index is 13.0. The van der Waals surface area contributed by atoms with Crippen molar-refractivity contribution in [3.63, 3.8) is 0 Å². The molecule has 0 bridgehead atoms. The van der Waals surface area contributed by atoms with Crippen LogP contribution in [0.5, 0.6) is 0 Å². The van der Waals surface area contributed by atoms with Gasteiger partial charge >= 0.3 is 0 Å². The predicted octanol–water partition coefficient (Wildman–Crippen LogP) is -13.6. The Labute approximate surface area is 419 Å². The van der Waals surface area contributed by atoms with Gasteiger partial charge in [-0.2, -0.15) is 0 Å². The number of carboxylic acid groups (broad SMARTS) is 1. The molecule has 0 spiro atoms. The lowest BCUT2D eigenvalue weighted by atomic mass is 9.88. The highest BCUT2D eigenvalue weighted by molar-refractivity contribution is 5.75. The van der Waals surface area contributed by atoms with Crippen LogP contribution in [0.2, 0.25) is 0 Å². The molecule has 428 valence electrons. The molecule has 0 aromatic carbocycles. The Kier molecular flexibility index (Phi) is 22.5. The Balaban J connectivity index is 1.48. The SMILES string of the molecule is CC(=O)N[C@H]1[C@H](O[C@H]2[C@@H](O)[C@@H](CO)O[C@@H](O[C@H]3[C@H](O)[C@@H](O)[C@H](OC[C@@H](CO)NC=O)O[C@@H]3CO)[C@@H]2O)O[C@H](CO[C@]2(C(=O)[O-])C[C@H](O)[C@@H](NC(C)=O)[C@H]([C@H](O)[C@H](O)CO)O2)[C@@H](O[C@@H]2O[C@@H](C)[C@@H](O)[C@@H](O)[C@@H]2O)[C@@H]1O. The Hall–Kier alpha value is -3.12. The normalized spacial score (nSPS) is 44.1. The van der Waals surface area contributed by atoms with Crippen molar-refractivity contribution in [3.05, 3.63) is 0 Å². The van der Waals surface area contributed by atoms with E-state index in [1.54, 1.807) is 0 Å². The number of nitrogens with one attached hydrogen (secondary N) is 3. The fraction of sp³-hybridized carbons (Fsp3) is 0.902. The summed E-state index contributed by atoms with van der Waals surface area (Å²) < 4.78 is 57.3. The summed E-state index contributed by atoms with van der Waals surface area (Å²) in [6.07, 6.45) is -46.0. The lowest BCUT2D eigenvalue weighted by molar-refractivity contribution is -0.396. The number of hydrogen-bond acceptors (Lipinski definition) is 30. The zero-order valence-corrected chi connectivity index (χ0v) is 39.9. The summed E-state index contributed by atoms with van der Waals surface area (Å²) in [5, 5.41) is 181. The lowest BCUT2D eigenvalue weighted by Crippen LogP contribution is -2.71. The number of aliphatic hydroxyl groups is 15. The number of hydrogen-bond donors (Lipinski definition) is 18. The van der Waals surface area contributed by atoms with E-state index in [-0.39, 0.29) is 6.41 Å². The largest absolute Gasteiger partial charge is 0.544 e. The van der Waals surface area contributed by atoms with E-state index in [9.17, 15) is 101 Å². The van der Waals surface area contributed by atoms with Crippen LogP contribution in [0.3, 0.4) is 0 Å². The average Bonchev–Trinajstić information content (AvgIpc) is 3.36. The molecule has 0 aromatic heterocycles. The van der Waals surface area contributed by atoms with Crippen molar-refractivity contribution in [2.24, 2.45) is 0 Å². The molecule has 0 unspecified atom stereocenters. The zero-order chi connectivity index (χ0) is 55.1. The molecule has 5 fully saturated rings. The third kappa shape index (κ3) is 13.9. The van der Waals surface area contributed by atoms with E-state index in [2.05, 4.69) is 16.0 Å². The fourth-order valence-electron chi connectivity index (χ4n) is 8.95. The van der Waals surface area contributed by atoms with Crippen LogP contribution in [0, 0.1) is 0 Å². The van der Waals surface area contributed by atoms with Gasteiger partial charge in [0.05, 0.1) is 63.9 Å². The van der Waals surface area contributed by atoms with E-state index < -0.39 is 229 Å². The summed E-state index contributed by atoms with van der Waals surface area (Å²) in [6, 6.07) is -4.54. The van der Waals surface area contributed by atoms with Crippen molar-refractivity contribution >= 4 is 24.2 Å². The number of aliphatic carboxylic acids is 1. The van der Waals surface area contributed by atoms with Gasteiger partial charge in [0.25, 0.3) is 0 Å². The fourth-order valence-corrected chi connectivity index (χ4v) is 8.95. The van der Waals surface area contributed by atoms with Crippen LogP contribution in [-0.4, -0.2) is 305 Å². The minimum absolute atomic E-state index is 0.264. The van der Waals surface area contributed by atoms with Crippen LogP contribution in [0.15, 0.2) is 0 Å².